The zero-order valence-corrected chi connectivity index (χ0v) is 19.3. The molecule has 0 amide bonds. The van der Waals surface area contributed by atoms with Gasteiger partial charge in [0.25, 0.3) is 0 Å². The van der Waals surface area contributed by atoms with Gasteiger partial charge in [-0.2, -0.15) is 0 Å². The van der Waals surface area contributed by atoms with Gasteiger partial charge in [-0.05, 0) is 58.9 Å². The summed E-state index contributed by atoms with van der Waals surface area (Å²) in [6.07, 6.45) is -2.26. The van der Waals surface area contributed by atoms with E-state index in [1.165, 1.54) is 0 Å². The summed E-state index contributed by atoms with van der Waals surface area (Å²) in [5.74, 6) is -0.461. The average Bonchev–Trinajstić information content (AvgIpc) is 2.60. The molecule has 0 aromatic carbocycles. The standard InChI is InChI=1S/C15H32O6Si3/c1-22(2,3)19-11(10-16)12-13(20-23(4,5)6)14(15(17)18-12)21-24(7,8)9/h10-14H,1-9H3/t11-,12?,13-,14-/m0/s1. The van der Waals surface area contributed by atoms with Gasteiger partial charge < -0.3 is 22.8 Å². The lowest BCUT2D eigenvalue weighted by atomic mass is 10.1. The van der Waals surface area contributed by atoms with Gasteiger partial charge in [-0.15, -0.1) is 0 Å². The number of cyclic esters (lactones) is 1. The topological polar surface area (TPSA) is 71.1 Å². The van der Waals surface area contributed by atoms with E-state index < -0.39 is 55.3 Å². The van der Waals surface area contributed by atoms with Crippen LogP contribution in [0.15, 0.2) is 0 Å². The molecule has 0 aromatic rings. The van der Waals surface area contributed by atoms with Crippen molar-refractivity contribution in [3.63, 3.8) is 0 Å². The highest BCUT2D eigenvalue weighted by molar-refractivity contribution is 6.70. The van der Waals surface area contributed by atoms with Gasteiger partial charge in [-0.1, -0.05) is 0 Å². The lowest BCUT2D eigenvalue weighted by Gasteiger charge is -2.34. The Morgan fingerprint density at radius 2 is 1.42 bits per heavy atom. The molecule has 0 radical (unpaired) electrons. The minimum absolute atomic E-state index is 0.461. The third-order valence-electron chi connectivity index (χ3n) is 3.02. The maximum absolute atomic E-state index is 12.4. The van der Waals surface area contributed by atoms with Crippen LogP contribution >= 0.6 is 0 Å². The molecule has 0 aliphatic carbocycles. The van der Waals surface area contributed by atoms with E-state index in [2.05, 4.69) is 0 Å². The predicted octanol–water partition coefficient (Wildman–Crippen LogP) is 2.77. The molecule has 4 atom stereocenters. The number of hydrogen-bond acceptors (Lipinski definition) is 6. The fraction of sp³-hybridized carbons (Fsp3) is 0.867. The van der Waals surface area contributed by atoms with Gasteiger partial charge >= 0.3 is 5.97 Å². The number of carbonyl (C=O) groups is 2. The van der Waals surface area contributed by atoms with Crippen molar-refractivity contribution in [2.24, 2.45) is 0 Å². The normalized spacial score (nSPS) is 27.0. The molecule has 1 saturated heterocycles. The van der Waals surface area contributed by atoms with Gasteiger partial charge in [-0.3, -0.25) is 0 Å². The van der Waals surface area contributed by atoms with E-state index in [0.717, 1.165) is 0 Å². The lowest BCUT2D eigenvalue weighted by Crippen LogP contribution is -2.51. The van der Waals surface area contributed by atoms with Crippen molar-refractivity contribution in [2.75, 3.05) is 0 Å². The summed E-state index contributed by atoms with van der Waals surface area (Å²) >= 11 is 0. The summed E-state index contributed by atoms with van der Waals surface area (Å²) in [6.45, 7) is 18.1. The first kappa shape index (κ1) is 21.7. The first-order chi connectivity index (χ1) is 10.6. The molecule has 1 aliphatic heterocycles. The highest BCUT2D eigenvalue weighted by Gasteiger charge is 2.53. The van der Waals surface area contributed by atoms with Gasteiger partial charge in [0.05, 0.1) is 0 Å². The van der Waals surface area contributed by atoms with Crippen LogP contribution in [0.25, 0.3) is 0 Å². The molecule has 1 unspecified atom stereocenters. The molecule has 6 nitrogen and oxygen atoms in total. The second-order valence-electron chi connectivity index (χ2n) is 9.08. The molecular formula is C15H32O6Si3. The molecule has 1 fully saturated rings. The molecule has 0 N–H and O–H groups in total. The quantitative estimate of drug-likeness (QED) is 0.359. The molecule has 0 aromatic heterocycles. The van der Waals surface area contributed by atoms with Crippen molar-refractivity contribution >= 4 is 37.2 Å². The number of hydrogen-bond donors (Lipinski definition) is 0. The van der Waals surface area contributed by atoms with E-state index in [1.54, 1.807) is 0 Å². The Balaban J connectivity index is 3.12. The first-order valence-corrected chi connectivity index (χ1v) is 18.5. The molecule has 0 saturated carbocycles. The molecule has 140 valence electrons. The minimum Gasteiger partial charge on any atom is -0.454 e. The molecule has 0 bridgehead atoms. The maximum Gasteiger partial charge on any atom is 0.337 e. The maximum atomic E-state index is 12.4. The summed E-state index contributed by atoms with van der Waals surface area (Å²) in [4.78, 5) is 24.0. The highest BCUT2D eigenvalue weighted by Crippen LogP contribution is 2.30. The fourth-order valence-electron chi connectivity index (χ4n) is 2.44. The fourth-order valence-corrected chi connectivity index (χ4v) is 5.51. The van der Waals surface area contributed by atoms with Crippen LogP contribution in [0.3, 0.4) is 0 Å². The Labute approximate surface area is 148 Å². The second-order valence-corrected chi connectivity index (χ2v) is 22.5. The molecule has 24 heavy (non-hydrogen) atoms. The van der Waals surface area contributed by atoms with Crippen LogP contribution in [0.1, 0.15) is 0 Å². The largest absolute Gasteiger partial charge is 0.454 e. The number of carbonyl (C=O) groups excluding carboxylic acids is 2. The Kier molecular flexibility index (Phi) is 6.79. The SMILES string of the molecule is C[Si](C)(C)O[C@@H](C=O)C1OC(=O)[C@@H](O[Si](C)(C)C)[C@H]1O[Si](C)(C)C. The average molecular weight is 393 g/mol. The van der Waals surface area contributed by atoms with Crippen LogP contribution in [0, 0.1) is 0 Å². The van der Waals surface area contributed by atoms with Crippen LogP contribution in [0.2, 0.25) is 58.9 Å². The molecular weight excluding hydrogens is 360 g/mol. The van der Waals surface area contributed by atoms with Crippen molar-refractivity contribution in [3.8, 4) is 0 Å². The van der Waals surface area contributed by atoms with Crippen LogP contribution in [-0.4, -0.2) is 61.6 Å². The number of aldehydes is 1. The number of esters is 1. The van der Waals surface area contributed by atoms with E-state index in [-0.39, 0.29) is 0 Å². The summed E-state index contributed by atoms with van der Waals surface area (Å²) in [6, 6.07) is 0. The van der Waals surface area contributed by atoms with Gasteiger partial charge in [0.2, 0.25) is 0 Å². The zero-order chi connectivity index (χ0) is 18.9. The summed E-state index contributed by atoms with van der Waals surface area (Å²) in [7, 11) is -5.96. The Hall–Kier alpha value is -0.329. The Morgan fingerprint density at radius 3 is 1.79 bits per heavy atom. The van der Waals surface area contributed by atoms with Crippen LogP contribution < -0.4 is 0 Å². The van der Waals surface area contributed by atoms with Crippen LogP contribution in [0.5, 0.6) is 0 Å². The Bertz CT molecular complexity index is 463. The monoisotopic (exact) mass is 392 g/mol. The summed E-state index contributed by atoms with van der Waals surface area (Å²) < 4.78 is 23.7. The Morgan fingerprint density at radius 1 is 0.917 bits per heavy atom. The van der Waals surface area contributed by atoms with Crippen molar-refractivity contribution in [1.29, 1.82) is 0 Å². The van der Waals surface area contributed by atoms with E-state index in [9.17, 15) is 9.59 Å². The van der Waals surface area contributed by atoms with E-state index >= 15 is 0 Å². The van der Waals surface area contributed by atoms with E-state index in [4.69, 9.17) is 18.0 Å². The molecule has 1 rings (SSSR count). The lowest BCUT2D eigenvalue weighted by molar-refractivity contribution is -0.150. The van der Waals surface area contributed by atoms with Crippen molar-refractivity contribution in [2.45, 2.75) is 83.3 Å². The summed E-state index contributed by atoms with van der Waals surface area (Å²) in [5.41, 5.74) is 0. The van der Waals surface area contributed by atoms with Crippen molar-refractivity contribution in [3.05, 3.63) is 0 Å². The van der Waals surface area contributed by atoms with E-state index in [1.807, 2.05) is 58.9 Å². The van der Waals surface area contributed by atoms with Crippen LogP contribution in [0.4, 0.5) is 0 Å². The molecule has 1 heterocycles. The molecule has 9 heteroatoms. The van der Waals surface area contributed by atoms with Crippen LogP contribution in [-0.2, 0) is 27.6 Å². The van der Waals surface area contributed by atoms with Gasteiger partial charge in [0, 0.05) is 0 Å². The first-order valence-electron chi connectivity index (χ1n) is 8.32. The smallest absolute Gasteiger partial charge is 0.337 e. The predicted molar refractivity (Wildman–Crippen MR) is 101 cm³/mol. The van der Waals surface area contributed by atoms with Gasteiger partial charge in [0.1, 0.15) is 12.2 Å². The highest BCUT2D eigenvalue weighted by atomic mass is 28.4. The molecule has 1 aliphatic rings. The number of ether oxygens (including phenoxy) is 1. The third kappa shape index (κ3) is 6.89. The van der Waals surface area contributed by atoms with E-state index in [0.29, 0.717) is 6.29 Å². The van der Waals surface area contributed by atoms with Crippen molar-refractivity contribution < 1.29 is 27.6 Å². The van der Waals surface area contributed by atoms with Gasteiger partial charge in [-0.25, -0.2) is 4.79 Å². The summed E-state index contributed by atoms with van der Waals surface area (Å²) in [5, 5.41) is 0. The molecule has 0 spiro atoms. The van der Waals surface area contributed by atoms with Crippen molar-refractivity contribution in [1.82, 2.24) is 0 Å². The second kappa shape index (κ2) is 7.50. The minimum atomic E-state index is -1.99. The number of rotatable bonds is 8. The van der Waals surface area contributed by atoms with Gasteiger partial charge in [0.15, 0.2) is 43.4 Å². The zero-order valence-electron chi connectivity index (χ0n) is 16.3. The third-order valence-corrected chi connectivity index (χ3v) is 5.94.